The fourth-order valence-corrected chi connectivity index (χ4v) is 2.10. The SMILES string of the molecule is NC1(C(O)c2ccccc2Cl)CCC1. The first kappa shape index (κ1) is 9.97. The van der Waals surface area contributed by atoms with Crippen LogP contribution in [-0.2, 0) is 0 Å². The Bertz CT molecular complexity index is 336. The van der Waals surface area contributed by atoms with Gasteiger partial charge in [-0.25, -0.2) is 0 Å². The van der Waals surface area contributed by atoms with E-state index < -0.39 is 11.6 Å². The molecule has 1 aliphatic carbocycles. The first-order valence-electron chi connectivity index (χ1n) is 4.85. The third-order valence-electron chi connectivity index (χ3n) is 3.03. The Morgan fingerprint density at radius 1 is 1.36 bits per heavy atom. The van der Waals surface area contributed by atoms with Gasteiger partial charge in [0.05, 0.1) is 6.10 Å². The normalized spacial score (nSPS) is 21.4. The molecule has 2 rings (SSSR count). The Balaban J connectivity index is 2.26. The second kappa shape index (κ2) is 3.54. The molecule has 0 spiro atoms. The maximum Gasteiger partial charge on any atom is 0.0983 e. The number of rotatable bonds is 2. The van der Waals surface area contributed by atoms with Gasteiger partial charge in [0.25, 0.3) is 0 Å². The molecule has 0 bridgehead atoms. The van der Waals surface area contributed by atoms with Gasteiger partial charge in [-0.1, -0.05) is 29.8 Å². The maximum absolute atomic E-state index is 10.1. The van der Waals surface area contributed by atoms with Gasteiger partial charge in [0, 0.05) is 16.1 Å². The van der Waals surface area contributed by atoms with Crippen LogP contribution in [0.4, 0.5) is 0 Å². The highest BCUT2D eigenvalue weighted by Crippen LogP contribution is 2.41. The van der Waals surface area contributed by atoms with Gasteiger partial charge in [-0.2, -0.15) is 0 Å². The molecule has 3 heteroatoms. The molecule has 0 aromatic heterocycles. The van der Waals surface area contributed by atoms with E-state index >= 15 is 0 Å². The van der Waals surface area contributed by atoms with Crippen LogP contribution in [0.5, 0.6) is 0 Å². The number of hydrogen-bond donors (Lipinski definition) is 2. The van der Waals surface area contributed by atoms with Crippen molar-refractivity contribution >= 4 is 11.6 Å². The van der Waals surface area contributed by atoms with Crippen molar-refractivity contribution in [2.75, 3.05) is 0 Å². The highest BCUT2D eigenvalue weighted by molar-refractivity contribution is 6.31. The smallest absolute Gasteiger partial charge is 0.0983 e. The molecule has 1 aliphatic rings. The van der Waals surface area contributed by atoms with Crippen molar-refractivity contribution in [2.45, 2.75) is 30.9 Å². The number of nitrogens with two attached hydrogens (primary N) is 1. The van der Waals surface area contributed by atoms with Crippen molar-refractivity contribution in [3.05, 3.63) is 34.9 Å². The zero-order chi connectivity index (χ0) is 10.2. The van der Waals surface area contributed by atoms with Gasteiger partial charge in [-0.05, 0) is 25.3 Å². The predicted octanol–water partition coefficient (Wildman–Crippen LogP) is 2.25. The summed E-state index contributed by atoms with van der Waals surface area (Å²) in [6, 6.07) is 7.33. The molecule has 1 aromatic carbocycles. The highest BCUT2D eigenvalue weighted by Gasteiger charge is 2.40. The average molecular weight is 212 g/mol. The van der Waals surface area contributed by atoms with Gasteiger partial charge in [0.15, 0.2) is 0 Å². The fourth-order valence-electron chi connectivity index (χ4n) is 1.87. The van der Waals surface area contributed by atoms with Crippen molar-refractivity contribution in [3.8, 4) is 0 Å². The van der Waals surface area contributed by atoms with E-state index in [1.54, 1.807) is 6.07 Å². The number of aliphatic hydroxyl groups excluding tert-OH is 1. The summed E-state index contributed by atoms with van der Waals surface area (Å²) in [6.45, 7) is 0. The van der Waals surface area contributed by atoms with Crippen molar-refractivity contribution in [3.63, 3.8) is 0 Å². The highest BCUT2D eigenvalue weighted by atomic mass is 35.5. The molecule has 1 saturated carbocycles. The Morgan fingerprint density at radius 3 is 2.50 bits per heavy atom. The second-order valence-corrected chi connectivity index (χ2v) is 4.42. The van der Waals surface area contributed by atoms with Gasteiger partial charge >= 0.3 is 0 Å². The quantitative estimate of drug-likeness (QED) is 0.788. The molecule has 1 unspecified atom stereocenters. The topological polar surface area (TPSA) is 46.2 Å². The van der Waals surface area contributed by atoms with Crippen molar-refractivity contribution in [1.29, 1.82) is 0 Å². The minimum atomic E-state index is -0.634. The fraction of sp³-hybridized carbons (Fsp3) is 0.455. The predicted molar refractivity (Wildman–Crippen MR) is 57.2 cm³/mol. The summed E-state index contributed by atoms with van der Waals surface area (Å²) in [5.41, 5.74) is 6.33. The van der Waals surface area contributed by atoms with E-state index in [2.05, 4.69) is 0 Å². The van der Waals surface area contributed by atoms with Crippen LogP contribution in [0.15, 0.2) is 24.3 Å². The molecule has 0 radical (unpaired) electrons. The molecule has 1 aromatic rings. The molecule has 14 heavy (non-hydrogen) atoms. The van der Waals surface area contributed by atoms with E-state index in [4.69, 9.17) is 17.3 Å². The average Bonchev–Trinajstić information content (AvgIpc) is 2.14. The van der Waals surface area contributed by atoms with E-state index in [1.807, 2.05) is 18.2 Å². The number of hydrogen-bond acceptors (Lipinski definition) is 2. The molecule has 76 valence electrons. The second-order valence-electron chi connectivity index (χ2n) is 4.01. The van der Waals surface area contributed by atoms with Crippen LogP contribution in [0.3, 0.4) is 0 Å². The van der Waals surface area contributed by atoms with Crippen molar-refractivity contribution < 1.29 is 5.11 Å². The van der Waals surface area contributed by atoms with Gasteiger partial charge in [0.1, 0.15) is 0 Å². The van der Waals surface area contributed by atoms with Crippen LogP contribution in [0.25, 0.3) is 0 Å². The number of halogens is 1. The molecule has 2 nitrogen and oxygen atoms in total. The van der Waals surface area contributed by atoms with E-state index in [0.29, 0.717) is 5.02 Å². The zero-order valence-corrected chi connectivity index (χ0v) is 8.67. The van der Waals surface area contributed by atoms with Gasteiger partial charge < -0.3 is 10.8 Å². The Morgan fingerprint density at radius 2 is 2.00 bits per heavy atom. The van der Waals surface area contributed by atoms with Crippen LogP contribution in [-0.4, -0.2) is 10.6 Å². The largest absolute Gasteiger partial charge is 0.386 e. The van der Waals surface area contributed by atoms with Crippen LogP contribution in [0.1, 0.15) is 30.9 Å². The first-order chi connectivity index (χ1) is 6.63. The molecule has 0 aliphatic heterocycles. The molecular formula is C11H14ClNO. The standard InChI is InChI=1S/C11H14ClNO/c12-9-5-2-1-4-8(9)10(14)11(13)6-3-7-11/h1-2,4-5,10,14H,3,6-7,13H2. The van der Waals surface area contributed by atoms with E-state index in [1.165, 1.54) is 0 Å². The lowest BCUT2D eigenvalue weighted by Gasteiger charge is -2.42. The molecule has 1 atom stereocenters. The van der Waals surface area contributed by atoms with Crippen LogP contribution in [0.2, 0.25) is 5.02 Å². The molecular weight excluding hydrogens is 198 g/mol. The van der Waals surface area contributed by atoms with Crippen molar-refractivity contribution in [1.82, 2.24) is 0 Å². The molecule has 0 amide bonds. The third-order valence-corrected chi connectivity index (χ3v) is 3.37. The summed E-state index contributed by atoms with van der Waals surface area (Å²) in [6.07, 6.45) is 2.21. The monoisotopic (exact) mass is 211 g/mol. The van der Waals surface area contributed by atoms with Crippen molar-refractivity contribution in [2.24, 2.45) is 5.73 Å². The Labute approximate surface area is 88.7 Å². The minimum Gasteiger partial charge on any atom is -0.386 e. The molecule has 0 saturated heterocycles. The summed E-state index contributed by atoms with van der Waals surface area (Å²) < 4.78 is 0. The first-order valence-corrected chi connectivity index (χ1v) is 5.23. The van der Waals surface area contributed by atoms with Crippen LogP contribution in [0, 0.1) is 0 Å². The molecule has 0 heterocycles. The minimum absolute atomic E-state index is 0.453. The third kappa shape index (κ3) is 1.54. The van der Waals surface area contributed by atoms with E-state index in [0.717, 1.165) is 24.8 Å². The van der Waals surface area contributed by atoms with Gasteiger partial charge in [-0.15, -0.1) is 0 Å². The molecule has 1 fully saturated rings. The summed E-state index contributed by atoms with van der Waals surface area (Å²) in [5.74, 6) is 0. The lowest BCUT2D eigenvalue weighted by atomic mass is 9.72. The lowest BCUT2D eigenvalue weighted by molar-refractivity contribution is 0.0338. The number of benzene rings is 1. The van der Waals surface area contributed by atoms with Gasteiger partial charge in [0.2, 0.25) is 0 Å². The summed E-state index contributed by atoms with van der Waals surface area (Å²) in [7, 11) is 0. The zero-order valence-electron chi connectivity index (χ0n) is 7.91. The van der Waals surface area contributed by atoms with Crippen LogP contribution >= 0.6 is 11.6 Å². The summed E-state index contributed by atoms with van der Waals surface area (Å²) in [4.78, 5) is 0. The number of aliphatic hydroxyl groups is 1. The Hall–Kier alpha value is -0.570. The maximum atomic E-state index is 10.1. The Kier molecular flexibility index (Phi) is 2.52. The summed E-state index contributed by atoms with van der Waals surface area (Å²) in [5, 5.41) is 10.7. The van der Waals surface area contributed by atoms with E-state index in [-0.39, 0.29) is 0 Å². The lowest BCUT2D eigenvalue weighted by Crippen LogP contribution is -2.51. The molecule has 3 N–H and O–H groups in total. The van der Waals surface area contributed by atoms with E-state index in [9.17, 15) is 5.11 Å². The van der Waals surface area contributed by atoms with Gasteiger partial charge in [-0.3, -0.25) is 0 Å². The summed E-state index contributed by atoms with van der Waals surface area (Å²) >= 11 is 5.99. The van der Waals surface area contributed by atoms with Crippen LogP contribution < -0.4 is 5.73 Å².